The Hall–Kier alpha value is -3.93. The maximum absolute atomic E-state index is 12.5. The second-order valence-corrected chi connectivity index (χ2v) is 8.94. The van der Waals surface area contributed by atoms with Gasteiger partial charge in [0.1, 0.15) is 5.75 Å². The first-order valence-electron chi connectivity index (χ1n) is 11.2. The summed E-state index contributed by atoms with van der Waals surface area (Å²) in [5.41, 5.74) is 1.67. The van der Waals surface area contributed by atoms with Gasteiger partial charge in [0.15, 0.2) is 11.0 Å². The Balaban J connectivity index is 1.58. The first-order valence-corrected chi connectivity index (χ1v) is 12.2. The molecule has 1 heterocycles. The smallest absolute Gasteiger partial charge is 0.274 e. The Bertz CT molecular complexity index is 1240. The van der Waals surface area contributed by atoms with Crippen LogP contribution >= 0.6 is 11.8 Å². The molecule has 0 aliphatic heterocycles. The van der Waals surface area contributed by atoms with Gasteiger partial charge in [-0.1, -0.05) is 30.0 Å². The first-order chi connectivity index (χ1) is 17.2. The van der Waals surface area contributed by atoms with E-state index in [4.69, 9.17) is 4.74 Å². The minimum absolute atomic E-state index is 0.0397. The van der Waals surface area contributed by atoms with E-state index in [2.05, 4.69) is 20.8 Å². The van der Waals surface area contributed by atoms with Crippen molar-refractivity contribution in [2.45, 2.75) is 44.9 Å². The van der Waals surface area contributed by atoms with Crippen LogP contribution in [0.1, 0.15) is 36.8 Å². The van der Waals surface area contributed by atoms with E-state index < -0.39 is 4.92 Å². The highest BCUT2D eigenvalue weighted by molar-refractivity contribution is 7.99. The van der Waals surface area contributed by atoms with Crippen LogP contribution in [0.5, 0.6) is 5.75 Å². The number of nitro groups is 1. The summed E-state index contributed by atoms with van der Waals surface area (Å²) in [5.74, 6) is 0.864. The second kappa shape index (κ2) is 12.2. The molecule has 11 nitrogen and oxygen atoms in total. The van der Waals surface area contributed by atoms with E-state index in [1.165, 1.54) is 17.8 Å². The van der Waals surface area contributed by atoms with E-state index in [0.29, 0.717) is 28.8 Å². The quantitative estimate of drug-likeness (QED) is 0.225. The maximum Gasteiger partial charge on any atom is 0.274 e. The number of nitrogens with zero attached hydrogens (tertiary/aromatic N) is 4. The normalized spacial score (nSPS) is 11.6. The molecule has 0 fully saturated rings. The zero-order valence-electron chi connectivity index (χ0n) is 20.5. The van der Waals surface area contributed by atoms with E-state index >= 15 is 0 Å². The molecule has 0 spiro atoms. The molecule has 0 radical (unpaired) electrons. The van der Waals surface area contributed by atoms with Gasteiger partial charge in [0.2, 0.25) is 11.8 Å². The van der Waals surface area contributed by atoms with Crippen molar-refractivity contribution in [3.05, 3.63) is 69.5 Å². The number of methoxy groups -OCH3 is 1. The summed E-state index contributed by atoms with van der Waals surface area (Å²) >= 11 is 1.19. The van der Waals surface area contributed by atoms with Crippen LogP contribution in [0.15, 0.2) is 47.6 Å². The third-order valence-electron chi connectivity index (χ3n) is 5.37. The Labute approximate surface area is 212 Å². The number of aryl methyl sites for hydroxylation is 1. The van der Waals surface area contributed by atoms with Crippen molar-refractivity contribution in [2.24, 2.45) is 0 Å². The molecule has 0 saturated heterocycles. The standard InChI is InChI=1S/C24H28N6O5S/c1-5-29-23(16(3)25-21(31)12-17-7-10-19(35-4)11-8-17)27-28-24(29)36-14-22(32)26-18-9-6-15(2)20(13-18)30(33)34/h6-11,13,16H,5,12,14H2,1-4H3,(H,25,31)(H,26,32). The summed E-state index contributed by atoms with van der Waals surface area (Å²) in [4.78, 5) is 35.6. The summed E-state index contributed by atoms with van der Waals surface area (Å²) in [6.07, 6.45) is 0.216. The van der Waals surface area contributed by atoms with E-state index in [1.54, 1.807) is 38.3 Å². The zero-order valence-corrected chi connectivity index (χ0v) is 21.3. The highest BCUT2D eigenvalue weighted by atomic mass is 32.2. The number of carbonyl (C=O) groups is 2. The molecule has 12 heteroatoms. The fraction of sp³-hybridized carbons (Fsp3) is 0.333. The number of thioether (sulfide) groups is 1. The van der Waals surface area contributed by atoms with Crippen LogP contribution < -0.4 is 15.4 Å². The number of ether oxygens (including phenoxy) is 1. The van der Waals surface area contributed by atoms with Crippen molar-refractivity contribution in [1.29, 1.82) is 0 Å². The fourth-order valence-electron chi connectivity index (χ4n) is 3.52. The zero-order chi connectivity index (χ0) is 26.2. The lowest BCUT2D eigenvalue weighted by Gasteiger charge is -2.15. The number of hydrogen-bond acceptors (Lipinski definition) is 8. The molecular weight excluding hydrogens is 484 g/mol. The van der Waals surface area contributed by atoms with Gasteiger partial charge in [-0.3, -0.25) is 19.7 Å². The van der Waals surface area contributed by atoms with Crippen molar-refractivity contribution >= 4 is 35.0 Å². The number of aromatic nitrogens is 3. The molecule has 0 aliphatic rings. The number of nitro benzene ring substituents is 1. The third-order valence-corrected chi connectivity index (χ3v) is 6.34. The lowest BCUT2D eigenvalue weighted by molar-refractivity contribution is -0.385. The molecular formula is C24H28N6O5S. The molecule has 190 valence electrons. The SMILES string of the molecule is CCn1c(SCC(=O)Nc2ccc(C)c([N+](=O)[O-])c2)nnc1C(C)NC(=O)Cc1ccc(OC)cc1. The third kappa shape index (κ3) is 6.81. The molecule has 3 aromatic rings. The second-order valence-electron chi connectivity index (χ2n) is 7.99. The monoisotopic (exact) mass is 512 g/mol. The number of nitrogens with one attached hydrogen (secondary N) is 2. The largest absolute Gasteiger partial charge is 0.497 e. The Kier molecular flexibility index (Phi) is 9.01. The van der Waals surface area contributed by atoms with Crippen LogP contribution in [0.4, 0.5) is 11.4 Å². The van der Waals surface area contributed by atoms with E-state index in [1.807, 2.05) is 30.5 Å². The molecule has 3 rings (SSSR count). The van der Waals surface area contributed by atoms with Gasteiger partial charge in [0.05, 0.1) is 30.2 Å². The predicted molar refractivity (Wildman–Crippen MR) is 136 cm³/mol. The molecule has 1 unspecified atom stereocenters. The lowest BCUT2D eigenvalue weighted by Crippen LogP contribution is -2.30. The van der Waals surface area contributed by atoms with Gasteiger partial charge in [-0.25, -0.2) is 0 Å². The molecule has 2 amide bonds. The van der Waals surface area contributed by atoms with Gasteiger partial charge in [-0.2, -0.15) is 0 Å². The van der Waals surface area contributed by atoms with Gasteiger partial charge in [-0.15, -0.1) is 10.2 Å². The fourth-order valence-corrected chi connectivity index (χ4v) is 4.33. The highest BCUT2D eigenvalue weighted by Crippen LogP contribution is 2.24. The maximum atomic E-state index is 12.5. The predicted octanol–water partition coefficient (Wildman–Crippen LogP) is 3.67. The Morgan fingerprint density at radius 2 is 1.89 bits per heavy atom. The van der Waals surface area contributed by atoms with Crippen molar-refractivity contribution in [3.8, 4) is 5.75 Å². The number of hydrogen-bond donors (Lipinski definition) is 2. The molecule has 2 aromatic carbocycles. The van der Waals surface area contributed by atoms with Crippen molar-refractivity contribution in [2.75, 3.05) is 18.2 Å². The molecule has 0 bridgehead atoms. The average molecular weight is 513 g/mol. The molecule has 0 saturated carbocycles. The van der Waals surface area contributed by atoms with Gasteiger partial charge >= 0.3 is 0 Å². The van der Waals surface area contributed by atoms with E-state index in [-0.39, 0.29) is 35.7 Å². The molecule has 1 atom stereocenters. The summed E-state index contributed by atoms with van der Waals surface area (Å²) in [6, 6.07) is 11.4. The van der Waals surface area contributed by atoms with Gasteiger partial charge in [-0.05, 0) is 44.5 Å². The number of anilines is 1. The minimum Gasteiger partial charge on any atom is -0.497 e. The molecule has 2 N–H and O–H groups in total. The van der Waals surface area contributed by atoms with Crippen LogP contribution in [0.25, 0.3) is 0 Å². The average Bonchev–Trinajstić information content (AvgIpc) is 3.27. The van der Waals surface area contributed by atoms with Gasteiger partial charge in [0, 0.05) is 23.9 Å². The van der Waals surface area contributed by atoms with Gasteiger partial charge in [0.25, 0.3) is 5.69 Å². The van der Waals surface area contributed by atoms with Crippen LogP contribution in [0, 0.1) is 17.0 Å². The number of rotatable bonds is 11. The van der Waals surface area contributed by atoms with Crippen LogP contribution in [0.2, 0.25) is 0 Å². The Morgan fingerprint density at radius 1 is 1.17 bits per heavy atom. The lowest BCUT2D eigenvalue weighted by atomic mass is 10.1. The Morgan fingerprint density at radius 3 is 2.53 bits per heavy atom. The van der Waals surface area contributed by atoms with Crippen LogP contribution in [-0.2, 0) is 22.6 Å². The number of carbonyl (C=O) groups excluding carboxylic acids is 2. The number of amides is 2. The molecule has 1 aromatic heterocycles. The van der Waals surface area contributed by atoms with Crippen LogP contribution in [-0.4, -0.2) is 44.4 Å². The minimum atomic E-state index is -0.484. The molecule has 0 aliphatic carbocycles. The van der Waals surface area contributed by atoms with Gasteiger partial charge < -0.3 is 19.9 Å². The highest BCUT2D eigenvalue weighted by Gasteiger charge is 2.20. The topological polar surface area (TPSA) is 141 Å². The summed E-state index contributed by atoms with van der Waals surface area (Å²) in [6.45, 7) is 5.94. The number of benzene rings is 2. The van der Waals surface area contributed by atoms with Crippen molar-refractivity contribution in [3.63, 3.8) is 0 Å². The first kappa shape index (κ1) is 26.7. The van der Waals surface area contributed by atoms with E-state index in [9.17, 15) is 19.7 Å². The van der Waals surface area contributed by atoms with Crippen molar-refractivity contribution < 1.29 is 19.2 Å². The van der Waals surface area contributed by atoms with E-state index in [0.717, 1.165) is 11.3 Å². The summed E-state index contributed by atoms with van der Waals surface area (Å²) in [7, 11) is 1.59. The summed E-state index contributed by atoms with van der Waals surface area (Å²) < 4.78 is 6.98. The molecule has 36 heavy (non-hydrogen) atoms. The summed E-state index contributed by atoms with van der Waals surface area (Å²) in [5, 5.41) is 25.7. The van der Waals surface area contributed by atoms with Crippen LogP contribution in [0.3, 0.4) is 0 Å². The van der Waals surface area contributed by atoms with Crippen molar-refractivity contribution in [1.82, 2.24) is 20.1 Å².